The minimum atomic E-state index is 0.671. The van der Waals surface area contributed by atoms with E-state index in [0.29, 0.717) is 6.04 Å². The van der Waals surface area contributed by atoms with Crippen molar-refractivity contribution in [2.45, 2.75) is 25.3 Å². The van der Waals surface area contributed by atoms with Crippen LogP contribution in [0.3, 0.4) is 0 Å². The molecule has 1 N–H and O–H groups in total. The fourth-order valence-electron chi connectivity index (χ4n) is 2.65. The van der Waals surface area contributed by atoms with E-state index in [-0.39, 0.29) is 0 Å². The van der Waals surface area contributed by atoms with Gasteiger partial charge >= 0.3 is 0 Å². The van der Waals surface area contributed by atoms with Gasteiger partial charge in [0.25, 0.3) is 0 Å². The van der Waals surface area contributed by atoms with Crippen molar-refractivity contribution < 1.29 is 0 Å². The molecule has 1 aromatic rings. The predicted molar refractivity (Wildman–Crippen MR) is 64.9 cm³/mol. The van der Waals surface area contributed by atoms with Crippen LogP contribution < -0.4 is 10.2 Å². The lowest BCUT2D eigenvalue weighted by atomic mass is 9.98. The molecule has 0 spiro atoms. The van der Waals surface area contributed by atoms with Gasteiger partial charge in [0.05, 0.1) is 11.4 Å². The number of hydrogen-bond acceptors (Lipinski definition) is 2. The highest BCUT2D eigenvalue weighted by atomic mass is 35.5. The molecule has 3 rings (SSSR count). The van der Waals surface area contributed by atoms with E-state index in [1.54, 1.807) is 0 Å². The first-order chi connectivity index (χ1) is 7.34. The van der Waals surface area contributed by atoms with Crippen molar-refractivity contribution in [3.05, 3.63) is 23.2 Å². The number of rotatable bonds is 0. The molecule has 2 aliphatic heterocycles. The topological polar surface area (TPSA) is 15.3 Å². The van der Waals surface area contributed by atoms with E-state index < -0.39 is 0 Å². The lowest BCUT2D eigenvalue weighted by Crippen LogP contribution is -2.46. The van der Waals surface area contributed by atoms with Crippen LogP contribution in [0.25, 0.3) is 0 Å². The standard InChI is InChI=1S/C12H15ClN2/c13-9-4-5-11-12(7-9)15-6-2-1-3-10(15)8-14-11/h4-5,7,10,14H,1-3,6,8H2. The van der Waals surface area contributed by atoms with Gasteiger partial charge in [-0.15, -0.1) is 0 Å². The highest BCUT2D eigenvalue weighted by Crippen LogP contribution is 2.36. The average molecular weight is 223 g/mol. The van der Waals surface area contributed by atoms with Gasteiger partial charge in [-0.1, -0.05) is 11.6 Å². The summed E-state index contributed by atoms with van der Waals surface area (Å²) in [7, 11) is 0. The Morgan fingerprint density at radius 1 is 1.33 bits per heavy atom. The van der Waals surface area contributed by atoms with Crippen molar-refractivity contribution in [1.82, 2.24) is 0 Å². The summed E-state index contributed by atoms with van der Waals surface area (Å²) in [5, 5.41) is 4.32. The first kappa shape index (κ1) is 9.34. The Kier molecular flexibility index (Phi) is 2.24. The Hall–Kier alpha value is -0.890. The maximum Gasteiger partial charge on any atom is 0.0620 e. The summed E-state index contributed by atoms with van der Waals surface area (Å²) in [6.45, 7) is 2.26. The van der Waals surface area contributed by atoms with E-state index in [4.69, 9.17) is 11.6 Å². The fourth-order valence-corrected chi connectivity index (χ4v) is 2.82. The third kappa shape index (κ3) is 1.57. The van der Waals surface area contributed by atoms with E-state index >= 15 is 0 Å². The highest BCUT2D eigenvalue weighted by Gasteiger charge is 2.27. The second-order valence-electron chi connectivity index (χ2n) is 4.39. The molecule has 1 fully saturated rings. The molecule has 0 bridgehead atoms. The molecule has 0 amide bonds. The molecule has 3 heteroatoms. The Bertz CT molecular complexity index is 378. The zero-order valence-corrected chi connectivity index (χ0v) is 9.43. The third-order valence-corrected chi connectivity index (χ3v) is 3.66. The van der Waals surface area contributed by atoms with Crippen molar-refractivity contribution in [3.63, 3.8) is 0 Å². The molecule has 1 saturated heterocycles. The summed E-state index contributed by atoms with van der Waals surface area (Å²) in [6, 6.07) is 6.80. The van der Waals surface area contributed by atoms with E-state index in [1.165, 1.54) is 37.2 Å². The van der Waals surface area contributed by atoms with Crippen LogP contribution in [0, 0.1) is 0 Å². The Balaban J connectivity index is 2.01. The predicted octanol–water partition coefficient (Wildman–Crippen LogP) is 3.12. The van der Waals surface area contributed by atoms with Crippen molar-refractivity contribution >= 4 is 23.0 Å². The first-order valence-electron chi connectivity index (χ1n) is 5.65. The van der Waals surface area contributed by atoms with Crippen LogP contribution in [0.15, 0.2) is 18.2 Å². The third-order valence-electron chi connectivity index (χ3n) is 3.42. The molecule has 80 valence electrons. The normalized spacial score (nSPS) is 24.1. The molecule has 1 atom stereocenters. The molecule has 0 aromatic heterocycles. The monoisotopic (exact) mass is 222 g/mol. The van der Waals surface area contributed by atoms with Gasteiger partial charge in [0.15, 0.2) is 0 Å². The molecule has 15 heavy (non-hydrogen) atoms. The van der Waals surface area contributed by atoms with Gasteiger partial charge in [0.1, 0.15) is 0 Å². The number of anilines is 2. The minimum Gasteiger partial charge on any atom is -0.381 e. The van der Waals surface area contributed by atoms with Crippen molar-refractivity contribution in [2.24, 2.45) is 0 Å². The minimum absolute atomic E-state index is 0.671. The Labute approximate surface area is 95.2 Å². The Morgan fingerprint density at radius 3 is 3.20 bits per heavy atom. The van der Waals surface area contributed by atoms with Crippen LogP contribution >= 0.6 is 11.6 Å². The number of fused-ring (bicyclic) bond motifs is 3. The molecule has 1 aromatic carbocycles. The lowest BCUT2D eigenvalue weighted by molar-refractivity contribution is 0.466. The van der Waals surface area contributed by atoms with Crippen molar-refractivity contribution in [2.75, 3.05) is 23.3 Å². The van der Waals surface area contributed by atoms with Crippen molar-refractivity contribution in [3.8, 4) is 0 Å². The molecular weight excluding hydrogens is 208 g/mol. The fraction of sp³-hybridized carbons (Fsp3) is 0.500. The van der Waals surface area contributed by atoms with Gasteiger partial charge in [0, 0.05) is 24.2 Å². The second-order valence-corrected chi connectivity index (χ2v) is 4.82. The van der Waals surface area contributed by atoms with Crippen LogP contribution in [-0.2, 0) is 0 Å². The van der Waals surface area contributed by atoms with Gasteiger partial charge in [-0.3, -0.25) is 0 Å². The summed E-state index contributed by atoms with van der Waals surface area (Å²) < 4.78 is 0. The van der Waals surface area contributed by atoms with Crippen LogP contribution in [0.4, 0.5) is 11.4 Å². The molecule has 0 radical (unpaired) electrons. The van der Waals surface area contributed by atoms with Crippen molar-refractivity contribution in [1.29, 1.82) is 0 Å². The maximum atomic E-state index is 6.05. The molecule has 2 nitrogen and oxygen atoms in total. The summed E-state index contributed by atoms with van der Waals surface area (Å²) in [6.07, 6.45) is 3.97. The molecule has 2 aliphatic rings. The summed E-state index contributed by atoms with van der Waals surface area (Å²) >= 11 is 6.05. The number of piperidine rings is 1. The van der Waals surface area contributed by atoms with E-state index in [9.17, 15) is 0 Å². The summed E-state index contributed by atoms with van der Waals surface area (Å²) in [5.41, 5.74) is 2.52. The summed E-state index contributed by atoms with van der Waals surface area (Å²) in [4.78, 5) is 2.52. The number of halogens is 1. The van der Waals surface area contributed by atoms with Crippen LogP contribution in [0.1, 0.15) is 19.3 Å². The van der Waals surface area contributed by atoms with E-state index in [2.05, 4.69) is 22.3 Å². The first-order valence-corrected chi connectivity index (χ1v) is 6.02. The van der Waals surface area contributed by atoms with Crippen LogP contribution in [0.2, 0.25) is 5.02 Å². The molecule has 0 saturated carbocycles. The average Bonchev–Trinajstić information content (AvgIpc) is 2.29. The zero-order chi connectivity index (χ0) is 10.3. The molecular formula is C12H15ClN2. The quantitative estimate of drug-likeness (QED) is 0.726. The number of benzene rings is 1. The molecule has 1 unspecified atom stereocenters. The van der Waals surface area contributed by atoms with Crippen LogP contribution in [0.5, 0.6) is 0 Å². The highest BCUT2D eigenvalue weighted by molar-refractivity contribution is 6.31. The SMILES string of the molecule is Clc1ccc2c(c1)N1CCCCC1CN2. The van der Waals surface area contributed by atoms with Gasteiger partial charge in [-0.05, 0) is 37.5 Å². The maximum absolute atomic E-state index is 6.05. The largest absolute Gasteiger partial charge is 0.381 e. The van der Waals surface area contributed by atoms with Crippen LogP contribution in [-0.4, -0.2) is 19.1 Å². The second kappa shape index (κ2) is 3.60. The Morgan fingerprint density at radius 2 is 2.27 bits per heavy atom. The van der Waals surface area contributed by atoms with Gasteiger partial charge in [-0.25, -0.2) is 0 Å². The zero-order valence-electron chi connectivity index (χ0n) is 8.67. The van der Waals surface area contributed by atoms with Gasteiger partial charge in [-0.2, -0.15) is 0 Å². The molecule has 2 heterocycles. The van der Waals surface area contributed by atoms with Gasteiger partial charge < -0.3 is 10.2 Å². The number of nitrogens with zero attached hydrogens (tertiary/aromatic N) is 1. The molecule has 0 aliphatic carbocycles. The number of nitrogens with one attached hydrogen (secondary N) is 1. The van der Waals surface area contributed by atoms with Gasteiger partial charge in [0.2, 0.25) is 0 Å². The lowest BCUT2D eigenvalue weighted by Gasteiger charge is -2.42. The smallest absolute Gasteiger partial charge is 0.0620 e. The van der Waals surface area contributed by atoms with E-state index in [1.807, 2.05) is 6.07 Å². The number of hydrogen-bond donors (Lipinski definition) is 1. The summed E-state index contributed by atoms with van der Waals surface area (Å²) in [5.74, 6) is 0. The van der Waals surface area contributed by atoms with E-state index in [0.717, 1.165) is 11.6 Å².